The van der Waals surface area contributed by atoms with E-state index in [0.29, 0.717) is 6.61 Å². The lowest BCUT2D eigenvalue weighted by atomic mass is 10.8. The highest BCUT2D eigenvalue weighted by Gasteiger charge is 2.16. The maximum Gasteiger partial charge on any atom is 0.417 e. The second-order valence-corrected chi connectivity index (χ2v) is 8.74. The van der Waals surface area contributed by atoms with Crippen molar-refractivity contribution in [3.05, 3.63) is 0 Å². The Morgan fingerprint density at radius 3 is 2.50 bits per heavy atom. The Morgan fingerprint density at radius 1 is 1.50 bits per heavy atom. The van der Waals surface area contributed by atoms with Gasteiger partial charge in [0.15, 0.2) is 0 Å². The van der Waals surface area contributed by atoms with Gasteiger partial charge in [-0.05, 0) is 6.04 Å². The van der Waals surface area contributed by atoms with Crippen molar-refractivity contribution in [3.8, 4) is 0 Å². The number of rotatable bonds is 5. The van der Waals surface area contributed by atoms with Crippen LogP contribution in [-0.2, 0) is 9.53 Å². The van der Waals surface area contributed by atoms with Crippen LogP contribution in [0.1, 0.15) is 6.92 Å². The Bertz CT molecular complexity index is 102. The summed E-state index contributed by atoms with van der Waals surface area (Å²) >= 11 is 0. The molecule has 0 unspecified atom stereocenters. The van der Waals surface area contributed by atoms with Crippen molar-refractivity contribution in [2.75, 3.05) is 6.61 Å². The molecule has 1 radical (unpaired) electrons. The molecule has 0 aliphatic heterocycles. The predicted octanol–water partition coefficient (Wildman–Crippen LogP) is 1.80. The van der Waals surface area contributed by atoms with Crippen molar-refractivity contribution in [2.45, 2.75) is 32.1 Å². The van der Waals surface area contributed by atoms with Gasteiger partial charge in [-0.2, -0.15) is 0 Å². The van der Waals surface area contributed by atoms with Gasteiger partial charge in [0.1, 0.15) is 0 Å². The van der Waals surface area contributed by atoms with Crippen LogP contribution in [0.15, 0.2) is 0 Å². The molecule has 0 fully saturated rings. The van der Waals surface area contributed by atoms with Gasteiger partial charge in [-0.3, -0.25) is 0 Å². The SMILES string of the molecule is CC[Si](C)(C)CCO[C]=O. The lowest BCUT2D eigenvalue weighted by Crippen LogP contribution is -2.25. The van der Waals surface area contributed by atoms with Crippen molar-refractivity contribution in [1.82, 2.24) is 0 Å². The third-order valence-corrected chi connectivity index (χ3v) is 5.37. The zero-order valence-corrected chi connectivity index (χ0v) is 7.94. The summed E-state index contributed by atoms with van der Waals surface area (Å²) in [7, 11) is -1.02. The lowest BCUT2D eigenvalue weighted by Gasteiger charge is -2.18. The van der Waals surface area contributed by atoms with Gasteiger partial charge in [0.2, 0.25) is 0 Å². The molecule has 0 spiro atoms. The van der Waals surface area contributed by atoms with Crippen LogP contribution < -0.4 is 0 Å². The number of ether oxygens (including phenoxy) is 1. The third kappa shape index (κ3) is 4.55. The summed E-state index contributed by atoms with van der Waals surface area (Å²) in [6, 6.07) is 2.30. The Labute approximate surface area is 63.6 Å². The molecule has 0 N–H and O–H groups in total. The molecular weight excluding hydrogens is 144 g/mol. The average molecular weight is 159 g/mol. The highest BCUT2D eigenvalue weighted by molar-refractivity contribution is 6.77. The molecule has 0 aliphatic rings. The summed E-state index contributed by atoms with van der Waals surface area (Å²) < 4.78 is 4.50. The van der Waals surface area contributed by atoms with Crippen molar-refractivity contribution < 1.29 is 9.53 Å². The minimum atomic E-state index is -1.02. The molecule has 0 aromatic rings. The molecule has 0 heterocycles. The molecule has 0 aliphatic carbocycles. The van der Waals surface area contributed by atoms with Crippen molar-refractivity contribution in [3.63, 3.8) is 0 Å². The summed E-state index contributed by atoms with van der Waals surface area (Å²) in [4.78, 5) is 9.65. The van der Waals surface area contributed by atoms with E-state index >= 15 is 0 Å². The van der Waals surface area contributed by atoms with Crippen molar-refractivity contribution >= 4 is 14.5 Å². The first-order valence-corrected chi connectivity index (χ1v) is 7.03. The average Bonchev–Trinajstić information content (AvgIpc) is 1.89. The fourth-order valence-electron chi connectivity index (χ4n) is 0.546. The highest BCUT2D eigenvalue weighted by Crippen LogP contribution is 2.13. The fraction of sp³-hybridized carbons (Fsp3) is 0.857. The van der Waals surface area contributed by atoms with Gasteiger partial charge in [0, 0.05) is 0 Å². The standard InChI is InChI=1S/C7H15O2Si/c1-4-10(2,3)6-5-9-7-8/h4-6H2,1-3H3. The largest absolute Gasteiger partial charge is 0.458 e. The number of hydrogen-bond acceptors (Lipinski definition) is 2. The van der Waals surface area contributed by atoms with Gasteiger partial charge in [0.05, 0.1) is 14.7 Å². The quantitative estimate of drug-likeness (QED) is 0.451. The van der Waals surface area contributed by atoms with Crippen LogP contribution in [-0.4, -0.2) is 21.2 Å². The summed E-state index contributed by atoms with van der Waals surface area (Å²) in [6.45, 7) is 8.77. The van der Waals surface area contributed by atoms with Crippen molar-refractivity contribution in [2.24, 2.45) is 0 Å². The van der Waals surface area contributed by atoms with E-state index < -0.39 is 8.07 Å². The van der Waals surface area contributed by atoms with E-state index in [1.807, 2.05) is 0 Å². The minimum absolute atomic E-state index is 0.552. The Balaban J connectivity index is 3.36. The van der Waals surface area contributed by atoms with Crippen LogP contribution in [0.3, 0.4) is 0 Å². The topological polar surface area (TPSA) is 26.3 Å². The van der Waals surface area contributed by atoms with Gasteiger partial charge < -0.3 is 4.74 Å². The Kier molecular flexibility index (Phi) is 4.35. The van der Waals surface area contributed by atoms with Gasteiger partial charge in [-0.25, -0.2) is 4.79 Å². The molecule has 2 nitrogen and oxygen atoms in total. The predicted molar refractivity (Wildman–Crippen MR) is 44.4 cm³/mol. The van der Waals surface area contributed by atoms with Crippen molar-refractivity contribution in [1.29, 1.82) is 0 Å². The van der Waals surface area contributed by atoms with Crippen LogP contribution >= 0.6 is 0 Å². The van der Waals surface area contributed by atoms with E-state index in [1.54, 1.807) is 0 Å². The smallest absolute Gasteiger partial charge is 0.417 e. The van der Waals surface area contributed by atoms with Gasteiger partial charge in [0.25, 0.3) is 0 Å². The van der Waals surface area contributed by atoms with Crippen LogP contribution in [0.5, 0.6) is 0 Å². The molecule has 0 aromatic carbocycles. The van der Waals surface area contributed by atoms with Gasteiger partial charge in [-0.1, -0.05) is 26.1 Å². The zero-order valence-electron chi connectivity index (χ0n) is 6.94. The summed E-state index contributed by atoms with van der Waals surface area (Å²) in [5.41, 5.74) is 0. The molecular formula is C7H15O2Si. The van der Waals surface area contributed by atoms with E-state index in [9.17, 15) is 4.79 Å². The first-order chi connectivity index (χ1) is 4.62. The molecule has 10 heavy (non-hydrogen) atoms. The molecule has 0 atom stereocenters. The summed E-state index contributed by atoms with van der Waals surface area (Å²) in [5.74, 6) is 0. The normalized spacial score (nSPS) is 11.1. The second-order valence-electron chi connectivity index (χ2n) is 3.20. The van der Waals surface area contributed by atoms with Crippen LogP contribution in [0.4, 0.5) is 0 Å². The molecule has 0 rings (SSSR count). The lowest BCUT2D eigenvalue weighted by molar-refractivity contribution is 0.294. The summed E-state index contributed by atoms with van der Waals surface area (Å²) in [6.07, 6.45) is 0. The first-order valence-electron chi connectivity index (χ1n) is 3.61. The van der Waals surface area contributed by atoms with Gasteiger partial charge >= 0.3 is 6.47 Å². The van der Waals surface area contributed by atoms with Crippen LogP contribution in [0.25, 0.3) is 0 Å². The third-order valence-electron chi connectivity index (χ3n) is 1.90. The molecule has 0 bridgehead atoms. The number of carbonyl (C=O) groups excluding carboxylic acids is 1. The van der Waals surface area contributed by atoms with E-state index in [2.05, 4.69) is 24.8 Å². The Hall–Kier alpha value is -0.313. The molecule has 0 amide bonds. The fourth-order valence-corrected chi connectivity index (χ4v) is 1.55. The van der Waals surface area contributed by atoms with E-state index in [0.717, 1.165) is 6.04 Å². The number of hydrogen-bond donors (Lipinski definition) is 0. The molecule has 0 saturated carbocycles. The van der Waals surface area contributed by atoms with E-state index in [4.69, 9.17) is 0 Å². The van der Waals surface area contributed by atoms with E-state index in [-0.39, 0.29) is 0 Å². The maximum atomic E-state index is 9.65. The zero-order chi connectivity index (χ0) is 8.04. The minimum Gasteiger partial charge on any atom is -0.458 e. The molecule has 0 aromatic heterocycles. The summed E-state index contributed by atoms with van der Waals surface area (Å²) in [5, 5.41) is 0. The van der Waals surface area contributed by atoms with Crippen LogP contribution in [0.2, 0.25) is 25.2 Å². The van der Waals surface area contributed by atoms with Gasteiger partial charge in [-0.15, -0.1) is 0 Å². The monoisotopic (exact) mass is 159 g/mol. The van der Waals surface area contributed by atoms with E-state index in [1.165, 1.54) is 12.5 Å². The molecule has 59 valence electrons. The Morgan fingerprint density at radius 2 is 2.10 bits per heavy atom. The highest BCUT2D eigenvalue weighted by atomic mass is 28.3. The second kappa shape index (κ2) is 4.49. The maximum absolute atomic E-state index is 9.65. The molecule has 3 heteroatoms. The first kappa shape index (κ1) is 9.69. The molecule has 0 saturated heterocycles. The van der Waals surface area contributed by atoms with Crippen LogP contribution in [0, 0.1) is 0 Å².